The van der Waals surface area contributed by atoms with Crippen LogP contribution in [0.15, 0.2) is 71.3 Å². The van der Waals surface area contributed by atoms with Crippen LogP contribution < -0.4 is 10.1 Å². The van der Waals surface area contributed by atoms with E-state index < -0.39 is 5.97 Å². The molecule has 9 heteroatoms. The number of aromatic nitrogens is 3. The van der Waals surface area contributed by atoms with Crippen LogP contribution in [-0.4, -0.2) is 34.1 Å². The Hall–Kier alpha value is -4.53. The minimum absolute atomic E-state index is 0.0833. The number of carbonyl (C=O) groups is 2. The molecule has 0 saturated heterocycles. The summed E-state index contributed by atoms with van der Waals surface area (Å²) in [7, 11) is 1.52. The van der Waals surface area contributed by atoms with Gasteiger partial charge in [0.1, 0.15) is 5.75 Å². The quantitative estimate of drug-likeness (QED) is 0.394. The van der Waals surface area contributed by atoms with Gasteiger partial charge in [-0.2, -0.15) is 4.98 Å². The number of anilines is 1. The minimum Gasteiger partial charge on any atom is -0.495 e. The number of carbonyl (C=O) groups excluding carboxylic acids is 2. The lowest BCUT2D eigenvalue weighted by atomic mass is 10.1. The van der Waals surface area contributed by atoms with Gasteiger partial charge < -0.3 is 19.3 Å². The van der Waals surface area contributed by atoms with Crippen molar-refractivity contribution in [1.82, 2.24) is 15.1 Å². The van der Waals surface area contributed by atoms with E-state index in [1.807, 2.05) is 30.3 Å². The molecule has 2 aromatic heterocycles. The van der Waals surface area contributed by atoms with Gasteiger partial charge in [0.15, 0.2) is 12.4 Å². The van der Waals surface area contributed by atoms with Gasteiger partial charge in [0.2, 0.25) is 5.91 Å². The number of methoxy groups -OCH3 is 1. The van der Waals surface area contributed by atoms with E-state index >= 15 is 0 Å². The second-order valence-corrected chi connectivity index (χ2v) is 7.30. The fourth-order valence-corrected chi connectivity index (χ4v) is 3.26. The first-order valence-electron chi connectivity index (χ1n) is 10.5. The largest absolute Gasteiger partial charge is 0.495 e. The van der Waals surface area contributed by atoms with Gasteiger partial charge in [0.05, 0.1) is 36.2 Å². The summed E-state index contributed by atoms with van der Waals surface area (Å²) in [5.74, 6) is -0.103. The van der Waals surface area contributed by atoms with Crippen LogP contribution in [0.5, 0.6) is 5.75 Å². The number of nitrogens with one attached hydrogen (secondary N) is 1. The molecule has 0 aliphatic rings. The molecular formula is C25H22N4O5. The Morgan fingerprint density at radius 1 is 0.971 bits per heavy atom. The molecule has 1 N–H and O–H groups in total. The third-order valence-electron chi connectivity index (χ3n) is 4.91. The molecule has 2 heterocycles. The molecule has 1 amide bonds. The third-order valence-corrected chi connectivity index (χ3v) is 4.91. The van der Waals surface area contributed by atoms with Gasteiger partial charge >= 0.3 is 5.97 Å². The number of rotatable bonds is 8. The maximum Gasteiger partial charge on any atom is 0.340 e. The average Bonchev–Trinajstić information content (AvgIpc) is 3.30. The normalized spacial score (nSPS) is 10.5. The number of hydrogen-bond acceptors (Lipinski definition) is 8. The molecule has 0 atom stereocenters. The van der Waals surface area contributed by atoms with Crippen LogP contribution in [0.25, 0.3) is 11.3 Å². The van der Waals surface area contributed by atoms with Crippen LogP contribution in [0.1, 0.15) is 27.8 Å². The van der Waals surface area contributed by atoms with Crippen molar-refractivity contribution in [2.45, 2.75) is 20.0 Å². The number of esters is 1. The maximum atomic E-state index is 12.5. The molecule has 0 bridgehead atoms. The second-order valence-electron chi connectivity index (χ2n) is 7.30. The zero-order valence-corrected chi connectivity index (χ0v) is 18.6. The topological polar surface area (TPSA) is 116 Å². The molecule has 4 rings (SSSR count). The van der Waals surface area contributed by atoms with Gasteiger partial charge in [-0.3, -0.25) is 9.78 Å². The SMILES string of the molecule is COc1ccccc1NC(=O)Cc1noc(COC(=O)c2ccc(-c3ccccc3)nc2C)n1. The van der Waals surface area contributed by atoms with Crippen molar-refractivity contribution in [2.75, 3.05) is 12.4 Å². The lowest BCUT2D eigenvalue weighted by Crippen LogP contribution is -2.15. The molecule has 172 valence electrons. The summed E-state index contributed by atoms with van der Waals surface area (Å²) in [4.78, 5) is 33.4. The highest BCUT2D eigenvalue weighted by Gasteiger charge is 2.17. The highest BCUT2D eigenvalue weighted by molar-refractivity contribution is 5.93. The number of benzene rings is 2. The van der Waals surface area contributed by atoms with Gasteiger partial charge in [-0.25, -0.2) is 4.79 Å². The molecule has 2 aromatic carbocycles. The van der Waals surface area contributed by atoms with E-state index in [0.29, 0.717) is 22.7 Å². The van der Waals surface area contributed by atoms with E-state index in [-0.39, 0.29) is 30.7 Å². The Morgan fingerprint density at radius 2 is 1.74 bits per heavy atom. The summed E-state index contributed by atoms with van der Waals surface area (Å²) in [5.41, 5.74) is 3.15. The molecule has 9 nitrogen and oxygen atoms in total. The number of hydrogen-bond donors (Lipinski definition) is 1. The summed E-state index contributed by atoms with van der Waals surface area (Å²) in [6.45, 7) is 1.52. The Morgan fingerprint density at radius 3 is 2.50 bits per heavy atom. The van der Waals surface area contributed by atoms with Gasteiger partial charge in [0, 0.05) is 5.56 Å². The minimum atomic E-state index is -0.557. The monoisotopic (exact) mass is 458 g/mol. The van der Waals surface area contributed by atoms with Crippen LogP contribution >= 0.6 is 0 Å². The smallest absolute Gasteiger partial charge is 0.340 e. The van der Waals surface area contributed by atoms with Gasteiger partial charge in [-0.1, -0.05) is 47.6 Å². The molecule has 0 spiro atoms. The highest BCUT2D eigenvalue weighted by atomic mass is 16.6. The molecule has 34 heavy (non-hydrogen) atoms. The standard InChI is InChI=1S/C25H22N4O5/c1-16-18(12-13-19(26-16)17-8-4-3-5-9-17)25(31)33-15-24-28-22(29-34-24)14-23(30)27-20-10-6-7-11-21(20)32-2/h3-13H,14-15H2,1-2H3,(H,27,30). The van der Waals surface area contributed by atoms with E-state index in [1.165, 1.54) is 7.11 Å². The molecule has 0 radical (unpaired) electrons. The van der Waals surface area contributed by atoms with Gasteiger partial charge in [-0.05, 0) is 31.2 Å². The first-order chi connectivity index (χ1) is 16.5. The van der Waals surface area contributed by atoms with Crippen molar-refractivity contribution in [2.24, 2.45) is 0 Å². The van der Waals surface area contributed by atoms with Crippen molar-refractivity contribution in [3.05, 3.63) is 89.7 Å². The Bertz CT molecular complexity index is 1300. The zero-order valence-electron chi connectivity index (χ0n) is 18.6. The van der Waals surface area contributed by atoms with E-state index in [1.54, 1.807) is 43.3 Å². The number of ether oxygens (including phenoxy) is 2. The van der Waals surface area contributed by atoms with Crippen LogP contribution in [0.4, 0.5) is 5.69 Å². The Balaban J connectivity index is 1.33. The van der Waals surface area contributed by atoms with E-state index in [0.717, 1.165) is 11.3 Å². The molecule has 0 aliphatic heterocycles. The number of aryl methyl sites for hydroxylation is 1. The molecule has 0 fully saturated rings. The average molecular weight is 458 g/mol. The highest BCUT2D eigenvalue weighted by Crippen LogP contribution is 2.23. The Labute approximate surface area is 195 Å². The van der Waals surface area contributed by atoms with Gasteiger partial charge in [-0.15, -0.1) is 0 Å². The molecule has 0 saturated carbocycles. The van der Waals surface area contributed by atoms with Crippen molar-refractivity contribution in [1.29, 1.82) is 0 Å². The first-order valence-corrected chi connectivity index (χ1v) is 10.5. The predicted molar refractivity (Wildman–Crippen MR) is 123 cm³/mol. The van der Waals surface area contributed by atoms with E-state index in [4.69, 9.17) is 14.0 Å². The number of pyridine rings is 1. The fourth-order valence-electron chi connectivity index (χ4n) is 3.26. The van der Waals surface area contributed by atoms with Crippen molar-refractivity contribution in [3.8, 4) is 17.0 Å². The van der Waals surface area contributed by atoms with Crippen molar-refractivity contribution in [3.63, 3.8) is 0 Å². The van der Waals surface area contributed by atoms with Crippen LogP contribution in [-0.2, 0) is 22.6 Å². The first kappa shape index (κ1) is 22.7. The summed E-state index contributed by atoms with van der Waals surface area (Å²) in [5, 5.41) is 6.51. The Kier molecular flexibility index (Phi) is 6.92. The molecule has 4 aromatic rings. The molecule has 0 aliphatic carbocycles. The number of amides is 1. The molecular weight excluding hydrogens is 436 g/mol. The number of nitrogens with zero attached hydrogens (tertiary/aromatic N) is 3. The summed E-state index contributed by atoms with van der Waals surface area (Å²) < 4.78 is 15.6. The van der Waals surface area contributed by atoms with Crippen LogP contribution in [0.3, 0.4) is 0 Å². The lowest BCUT2D eigenvalue weighted by molar-refractivity contribution is -0.115. The molecule has 0 unspecified atom stereocenters. The van der Waals surface area contributed by atoms with E-state index in [2.05, 4.69) is 20.4 Å². The van der Waals surface area contributed by atoms with Gasteiger partial charge in [0.25, 0.3) is 5.89 Å². The summed E-state index contributed by atoms with van der Waals surface area (Å²) >= 11 is 0. The predicted octanol–water partition coefficient (Wildman–Crippen LogP) is 3.99. The van der Waals surface area contributed by atoms with E-state index in [9.17, 15) is 9.59 Å². The van der Waals surface area contributed by atoms with Crippen molar-refractivity contribution >= 4 is 17.6 Å². The summed E-state index contributed by atoms with van der Waals surface area (Å²) in [6, 6.07) is 20.2. The zero-order chi connectivity index (χ0) is 23.9. The van der Waals surface area contributed by atoms with Crippen LogP contribution in [0.2, 0.25) is 0 Å². The summed E-state index contributed by atoms with van der Waals surface area (Å²) in [6.07, 6.45) is -0.112. The van der Waals surface area contributed by atoms with Crippen LogP contribution in [0, 0.1) is 6.92 Å². The maximum absolute atomic E-state index is 12.5. The number of para-hydroxylation sites is 2. The fraction of sp³-hybridized carbons (Fsp3) is 0.160. The lowest BCUT2D eigenvalue weighted by Gasteiger charge is -2.08. The van der Waals surface area contributed by atoms with Crippen molar-refractivity contribution < 1.29 is 23.6 Å². The second kappa shape index (κ2) is 10.4. The third kappa shape index (κ3) is 5.44.